The monoisotopic (exact) mass is 246 g/mol. The fourth-order valence-electron chi connectivity index (χ4n) is 1.78. The third-order valence-corrected chi connectivity index (χ3v) is 3.03. The van der Waals surface area contributed by atoms with Crippen molar-refractivity contribution >= 4 is 16.7 Å². The summed E-state index contributed by atoms with van der Waals surface area (Å²) in [6.45, 7) is 1.26. The van der Waals surface area contributed by atoms with Gasteiger partial charge in [-0.3, -0.25) is 0 Å². The fraction of sp³-hybridized carbons (Fsp3) is 0.214. The number of aliphatic hydroxyl groups is 1. The van der Waals surface area contributed by atoms with Crippen LogP contribution in [0.5, 0.6) is 5.75 Å². The molecule has 0 spiro atoms. The minimum atomic E-state index is -1.88. The first-order valence-electron chi connectivity index (χ1n) is 5.49. The van der Waals surface area contributed by atoms with E-state index in [-0.39, 0.29) is 0 Å². The standard InChI is InChI=1S/C14H14O4/c1-14(17,13(15)16)11-5-3-10-8-12(18-2)6-4-9(10)7-11/h3-8,17H,1-2H3,(H,15,16)/t14-/m0/s1. The first kappa shape index (κ1) is 12.4. The maximum absolute atomic E-state index is 11.0. The van der Waals surface area contributed by atoms with Crippen LogP contribution in [0.2, 0.25) is 0 Å². The Labute approximate surface area is 104 Å². The van der Waals surface area contributed by atoms with Crippen LogP contribution in [0.1, 0.15) is 12.5 Å². The average Bonchev–Trinajstić information content (AvgIpc) is 2.37. The van der Waals surface area contributed by atoms with Crippen molar-refractivity contribution in [3.8, 4) is 5.75 Å². The molecule has 2 aromatic carbocycles. The Balaban J connectivity index is 2.55. The molecule has 0 aliphatic heterocycles. The molecule has 0 amide bonds. The Morgan fingerprint density at radius 3 is 2.39 bits per heavy atom. The van der Waals surface area contributed by atoms with Gasteiger partial charge in [0.05, 0.1) is 7.11 Å². The van der Waals surface area contributed by atoms with Crippen molar-refractivity contribution in [1.29, 1.82) is 0 Å². The summed E-state index contributed by atoms with van der Waals surface area (Å²) in [7, 11) is 1.59. The largest absolute Gasteiger partial charge is 0.497 e. The maximum Gasteiger partial charge on any atom is 0.340 e. The molecule has 2 rings (SSSR count). The smallest absolute Gasteiger partial charge is 0.340 e. The van der Waals surface area contributed by atoms with E-state index in [1.54, 1.807) is 31.4 Å². The number of ether oxygens (including phenoxy) is 1. The molecule has 2 N–H and O–H groups in total. The normalized spacial score (nSPS) is 14.2. The van der Waals surface area contributed by atoms with E-state index in [0.29, 0.717) is 5.56 Å². The van der Waals surface area contributed by atoms with Crippen LogP contribution in [0.3, 0.4) is 0 Å². The maximum atomic E-state index is 11.0. The molecular weight excluding hydrogens is 232 g/mol. The summed E-state index contributed by atoms with van der Waals surface area (Å²) < 4.78 is 5.11. The lowest BCUT2D eigenvalue weighted by molar-refractivity contribution is -0.157. The summed E-state index contributed by atoms with van der Waals surface area (Å²) in [5, 5.41) is 20.7. The lowest BCUT2D eigenvalue weighted by Crippen LogP contribution is -2.31. The van der Waals surface area contributed by atoms with Gasteiger partial charge in [0.15, 0.2) is 5.60 Å². The van der Waals surface area contributed by atoms with Crippen LogP contribution in [0.15, 0.2) is 36.4 Å². The second-order valence-corrected chi connectivity index (χ2v) is 4.31. The highest BCUT2D eigenvalue weighted by molar-refractivity contribution is 5.87. The third kappa shape index (κ3) is 2.02. The van der Waals surface area contributed by atoms with Crippen molar-refractivity contribution in [2.45, 2.75) is 12.5 Å². The van der Waals surface area contributed by atoms with E-state index >= 15 is 0 Å². The predicted octanol–water partition coefficient (Wildman–Crippen LogP) is 2.14. The summed E-state index contributed by atoms with van der Waals surface area (Å²) in [5.74, 6) is -0.532. The SMILES string of the molecule is COc1ccc2cc([C@](C)(O)C(=O)O)ccc2c1. The minimum absolute atomic E-state index is 0.354. The number of hydrogen-bond donors (Lipinski definition) is 2. The van der Waals surface area contributed by atoms with E-state index in [0.717, 1.165) is 16.5 Å². The average molecular weight is 246 g/mol. The molecule has 18 heavy (non-hydrogen) atoms. The number of methoxy groups -OCH3 is 1. The number of carboxylic acid groups (broad SMARTS) is 1. The van der Waals surface area contributed by atoms with Gasteiger partial charge in [0.1, 0.15) is 5.75 Å². The van der Waals surface area contributed by atoms with Crippen LogP contribution < -0.4 is 4.74 Å². The van der Waals surface area contributed by atoms with Gasteiger partial charge in [-0.2, -0.15) is 0 Å². The van der Waals surface area contributed by atoms with Gasteiger partial charge < -0.3 is 14.9 Å². The second kappa shape index (κ2) is 4.31. The molecule has 0 heterocycles. The molecule has 0 saturated carbocycles. The number of aliphatic carboxylic acids is 1. The van der Waals surface area contributed by atoms with Crippen molar-refractivity contribution in [2.24, 2.45) is 0 Å². The van der Waals surface area contributed by atoms with Crippen molar-refractivity contribution in [1.82, 2.24) is 0 Å². The first-order chi connectivity index (χ1) is 8.45. The molecule has 0 fully saturated rings. The van der Waals surface area contributed by atoms with E-state index in [2.05, 4.69) is 0 Å². The summed E-state index contributed by atoms with van der Waals surface area (Å²) in [4.78, 5) is 11.0. The summed E-state index contributed by atoms with van der Waals surface area (Å²) in [6.07, 6.45) is 0. The topological polar surface area (TPSA) is 66.8 Å². The van der Waals surface area contributed by atoms with Crippen molar-refractivity contribution in [3.63, 3.8) is 0 Å². The molecule has 4 heteroatoms. The Hall–Kier alpha value is -2.07. The van der Waals surface area contributed by atoms with Crippen LogP contribution in [0.4, 0.5) is 0 Å². The zero-order valence-electron chi connectivity index (χ0n) is 10.2. The van der Waals surface area contributed by atoms with Crippen LogP contribution in [-0.2, 0) is 10.4 Å². The highest BCUT2D eigenvalue weighted by Gasteiger charge is 2.32. The zero-order valence-corrected chi connectivity index (χ0v) is 10.2. The van der Waals surface area contributed by atoms with Gasteiger partial charge in [-0.25, -0.2) is 4.79 Å². The minimum Gasteiger partial charge on any atom is -0.497 e. The molecule has 0 radical (unpaired) electrons. The van der Waals surface area contributed by atoms with Crippen molar-refractivity contribution in [2.75, 3.05) is 7.11 Å². The summed E-state index contributed by atoms with van der Waals surface area (Å²) in [6, 6.07) is 10.5. The molecule has 0 bridgehead atoms. The lowest BCUT2D eigenvalue weighted by atomic mass is 9.94. The van der Waals surface area contributed by atoms with E-state index in [1.807, 2.05) is 12.1 Å². The van der Waals surface area contributed by atoms with Gasteiger partial charge in [-0.1, -0.05) is 18.2 Å². The van der Waals surface area contributed by atoms with Crippen LogP contribution >= 0.6 is 0 Å². The number of hydrogen-bond acceptors (Lipinski definition) is 3. The Morgan fingerprint density at radius 2 is 1.78 bits per heavy atom. The fourth-order valence-corrected chi connectivity index (χ4v) is 1.78. The van der Waals surface area contributed by atoms with Gasteiger partial charge in [0.25, 0.3) is 0 Å². The van der Waals surface area contributed by atoms with E-state index in [1.165, 1.54) is 6.92 Å². The number of carboxylic acids is 1. The molecule has 2 aromatic rings. The highest BCUT2D eigenvalue weighted by Crippen LogP contribution is 2.27. The Bertz CT molecular complexity index is 602. The van der Waals surface area contributed by atoms with Gasteiger partial charge in [-0.15, -0.1) is 0 Å². The predicted molar refractivity (Wildman–Crippen MR) is 67.7 cm³/mol. The molecule has 0 unspecified atom stereocenters. The third-order valence-electron chi connectivity index (χ3n) is 3.03. The number of benzene rings is 2. The molecule has 0 aliphatic carbocycles. The van der Waals surface area contributed by atoms with Crippen molar-refractivity contribution in [3.05, 3.63) is 42.0 Å². The van der Waals surface area contributed by atoms with Gasteiger partial charge in [-0.05, 0) is 41.5 Å². The molecule has 0 aliphatic rings. The number of carbonyl (C=O) groups is 1. The second-order valence-electron chi connectivity index (χ2n) is 4.31. The first-order valence-corrected chi connectivity index (χ1v) is 5.49. The molecule has 4 nitrogen and oxygen atoms in total. The van der Waals surface area contributed by atoms with Crippen LogP contribution in [-0.4, -0.2) is 23.3 Å². The Morgan fingerprint density at radius 1 is 1.17 bits per heavy atom. The highest BCUT2D eigenvalue weighted by atomic mass is 16.5. The molecule has 94 valence electrons. The molecular formula is C14H14O4. The lowest BCUT2D eigenvalue weighted by Gasteiger charge is -2.18. The summed E-state index contributed by atoms with van der Waals surface area (Å²) >= 11 is 0. The molecule has 1 atom stereocenters. The zero-order chi connectivity index (χ0) is 13.3. The summed E-state index contributed by atoms with van der Waals surface area (Å²) in [5.41, 5.74) is -1.53. The number of rotatable bonds is 3. The van der Waals surface area contributed by atoms with Gasteiger partial charge >= 0.3 is 5.97 Å². The Kier molecular flexibility index (Phi) is 2.97. The van der Waals surface area contributed by atoms with Gasteiger partial charge in [0, 0.05) is 0 Å². The molecule has 0 aromatic heterocycles. The number of fused-ring (bicyclic) bond motifs is 1. The van der Waals surface area contributed by atoms with Gasteiger partial charge in [0.2, 0.25) is 0 Å². The van der Waals surface area contributed by atoms with Crippen LogP contribution in [0, 0.1) is 0 Å². The quantitative estimate of drug-likeness (QED) is 0.870. The van der Waals surface area contributed by atoms with E-state index in [9.17, 15) is 9.90 Å². The molecule has 0 saturated heterocycles. The van der Waals surface area contributed by atoms with Crippen LogP contribution in [0.25, 0.3) is 10.8 Å². The van der Waals surface area contributed by atoms with E-state index in [4.69, 9.17) is 9.84 Å². The van der Waals surface area contributed by atoms with E-state index < -0.39 is 11.6 Å². The van der Waals surface area contributed by atoms with Crippen molar-refractivity contribution < 1.29 is 19.7 Å².